The molecule has 2 aliphatic heterocycles. The molecular formula is C17H25NO5S2. The zero-order chi connectivity index (χ0) is 18.2. The van der Waals surface area contributed by atoms with Crippen LogP contribution in [0.15, 0.2) is 23.1 Å². The van der Waals surface area contributed by atoms with E-state index in [0.717, 1.165) is 37.9 Å². The molecule has 0 spiro atoms. The van der Waals surface area contributed by atoms with E-state index in [9.17, 15) is 16.8 Å². The Morgan fingerprint density at radius 3 is 2.40 bits per heavy atom. The molecule has 2 atom stereocenters. The first-order chi connectivity index (χ1) is 11.7. The average molecular weight is 388 g/mol. The average Bonchev–Trinajstić information content (AvgIpc) is 2.92. The SMILES string of the molecule is COc1ccc(S(=O)(=O)C2CS(=O)(=O)CC2N2CCCCC2)cc1C. The molecule has 8 heteroatoms. The molecule has 1 aromatic carbocycles. The Morgan fingerprint density at radius 1 is 1.12 bits per heavy atom. The Bertz CT molecular complexity index is 842. The van der Waals surface area contributed by atoms with Crippen LogP contribution >= 0.6 is 0 Å². The quantitative estimate of drug-likeness (QED) is 0.777. The van der Waals surface area contributed by atoms with Crippen LogP contribution in [0.1, 0.15) is 24.8 Å². The van der Waals surface area contributed by atoms with Gasteiger partial charge in [0.2, 0.25) is 0 Å². The number of rotatable bonds is 4. The van der Waals surface area contributed by atoms with Gasteiger partial charge in [-0.05, 0) is 56.6 Å². The summed E-state index contributed by atoms with van der Waals surface area (Å²) in [6.45, 7) is 3.33. The number of sulfone groups is 2. The summed E-state index contributed by atoms with van der Waals surface area (Å²) in [5.74, 6) is 0.263. The Balaban J connectivity index is 1.97. The molecule has 0 aliphatic carbocycles. The van der Waals surface area contributed by atoms with Gasteiger partial charge in [-0.25, -0.2) is 16.8 Å². The van der Waals surface area contributed by atoms with Crippen LogP contribution in [0.3, 0.4) is 0 Å². The normalized spacial score (nSPS) is 27.3. The fourth-order valence-corrected chi connectivity index (χ4v) is 8.80. The molecule has 3 rings (SSSR count). The van der Waals surface area contributed by atoms with Gasteiger partial charge in [0.05, 0.1) is 28.8 Å². The van der Waals surface area contributed by atoms with E-state index in [-0.39, 0.29) is 16.4 Å². The zero-order valence-corrected chi connectivity index (χ0v) is 16.3. The maximum absolute atomic E-state index is 13.2. The van der Waals surface area contributed by atoms with Crippen molar-refractivity contribution in [2.24, 2.45) is 0 Å². The van der Waals surface area contributed by atoms with Crippen molar-refractivity contribution >= 4 is 19.7 Å². The van der Waals surface area contributed by atoms with Crippen molar-refractivity contribution in [1.29, 1.82) is 0 Å². The third kappa shape index (κ3) is 3.71. The molecule has 0 saturated carbocycles. The molecule has 0 bridgehead atoms. The minimum Gasteiger partial charge on any atom is -0.496 e. The Hall–Kier alpha value is -1.12. The summed E-state index contributed by atoms with van der Waals surface area (Å²) in [6, 6.07) is 4.27. The number of piperidine rings is 1. The van der Waals surface area contributed by atoms with Crippen molar-refractivity contribution in [3.05, 3.63) is 23.8 Å². The summed E-state index contributed by atoms with van der Waals surface area (Å²) in [5.41, 5.74) is 0.721. The summed E-state index contributed by atoms with van der Waals surface area (Å²) in [6.07, 6.45) is 3.10. The zero-order valence-electron chi connectivity index (χ0n) is 14.6. The monoisotopic (exact) mass is 387 g/mol. The molecule has 0 amide bonds. The summed E-state index contributed by atoms with van der Waals surface area (Å²) >= 11 is 0. The third-order valence-electron chi connectivity index (χ3n) is 5.23. The van der Waals surface area contributed by atoms with Crippen molar-refractivity contribution in [2.45, 2.75) is 42.4 Å². The van der Waals surface area contributed by atoms with Crippen molar-refractivity contribution in [2.75, 3.05) is 31.7 Å². The number of methoxy groups -OCH3 is 1. The van der Waals surface area contributed by atoms with Crippen molar-refractivity contribution in [3.63, 3.8) is 0 Å². The van der Waals surface area contributed by atoms with Crippen LogP contribution < -0.4 is 4.74 Å². The van der Waals surface area contributed by atoms with Gasteiger partial charge in [0.25, 0.3) is 0 Å². The lowest BCUT2D eigenvalue weighted by atomic mass is 10.1. The molecule has 2 aliphatic rings. The highest BCUT2D eigenvalue weighted by Crippen LogP contribution is 2.32. The number of aryl methyl sites for hydroxylation is 1. The fourth-order valence-electron chi connectivity index (χ4n) is 3.89. The third-order valence-corrected chi connectivity index (χ3v) is 9.34. The molecule has 0 aromatic heterocycles. The summed E-state index contributed by atoms with van der Waals surface area (Å²) < 4.78 is 56.0. The van der Waals surface area contributed by atoms with Gasteiger partial charge in [-0.3, -0.25) is 4.90 Å². The highest BCUT2D eigenvalue weighted by atomic mass is 32.2. The second kappa shape index (κ2) is 6.89. The number of benzene rings is 1. The van der Waals surface area contributed by atoms with Gasteiger partial charge in [-0.2, -0.15) is 0 Å². The smallest absolute Gasteiger partial charge is 0.183 e. The topological polar surface area (TPSA) is 80.8 Å². The predicted octanol–water partition coefficient (Wildman–Crippen LogP) is 1.43. The first kappa shape index (κ1) is 18.7. The fraction of sp³-hybridized carbons (Fsp3) is 0.647. The molecule has 2 unspecified atom stereocenters. The number of hydrogen-bond donors (Lipinski definition) is 0. The molecule has 140 valence electrons. The van der Waals surface area contributed by atoms with Gasteiger partial charge in [0.15, 0.2) is 19.7 Å². The maximum Gasteiger partial charge on any atom is 0.183 e. The highest BCUT2D eigenvalue weighted by molar-refractivity contribution is 7.96. The lowest BCUT2D eigenvalue weighted by Gasteiger charge is -2.34. The van der Waals surface area contributed by atoms with Gasteiger partial charge in [-0.15, -0.1) is 0 Å². The van der Waals surface area contributed by atoms with Crippen LogP contribution in [-0.4, -0.2) is 64.7 Å². The van der Waals surface area contributed by atoms with E-state index >= 15 is 0 Å². The van der Waals surface area contributed by atoms with E-state index in [2.05, 4.69) is 4.90 Å². The molecule has 2 fully saturated rings. The lowest BCUT2D eigenvalue weighted by molar-refractivity contribution is 0.178. The van der Waals surface area contributed by atoms with Crippen molar-refractivity contribution in [3.8, 4) is 5.75 Å². The molecule has 2 heterocycles. The molecule has 2 saturated heterocycles. The van der Waals surface area contributed by atoms with Crippen molar-refractivity contribution in [1.82, 2.24) is 4.90 Å². The van der Waals surface area contributed by atoms with Crippen LogP contribution in [0.5, 0.6) is 5.75 Å². The summed E-state index contributed by atoms with van der Waals surface area (Å²) in [7, 11) is -5.55. The first-order valence-corrected chi connectivity index (χ1v) is 11.9. The Labute approximate surface area is 150 Å². The van der Waals surface area contributed by atoms with Gasteiger partial charge < -0.3 is 4.74 Å². The van der Waals surface area contributed by atoms with Gasteiger partial charge >= 0.3 is 0 Å². The predicted molar refractivity (Wildman–Crippen MR) is 96.6 cm³/mol. The Morgan fingerprint density at radius 2 is 1.80 bits per heavy atom. The number of ether oxygens (including phenoxy) is 1. The van der Waals surface area contributed by atoms with Gasteiger partial charge in [-0.1, -0.05) is 6.42 Å². The maximum atomic E-state index is 13.2. The van der Waals surface area contributed by atoms with E-state index in [0.29, 0.717) is 5.75 Å². The number of likely N-dealkylation sites (tertiary alicyclic amines) is 1. The van der Waals surface area contributed by atoms with Crippen LogP contribution in [0.4, 0.5) is 0 Å². The van der Waals surface area contributed by atoms with E-state index < -0.39 is 31.0 Å². The van der Waals surface area contributed by atoms with E-state index in [4.69, 9.17) is 4.74 Å². The standard InChI is InChI=1S/C17H25NO5S2/c1-13-10-14(6-7-16(13)23-2)25(21,22)17-12-24(19,20)11-15(17)18-8-4-3-5-9-18/h6-7,10,15,17H,3-5,8-9,11-12H2,1-2H3. The van der Waals surface area contributed by atoms with Crippen LogP contribution in [-0.2, 0) is 19.7 Å². The Kier molecular flexibility index (Phi) is 5.14. The highest BCUT2D eigenvalue weighted by Gasteiger charge is 2.48. The van der Waals surface area contributed by atoms with Crippen LogP contribution in [0, 0.1) is 6.92 Å². The molecule has 25 heavy (non-hydrogen) atoms. The first-order valence-electron chi connectivity index (χ1n) is 8.57. The molecule has 0 radical (unpaired) electrons. The minimum absolute atomic E-state index is 0.0635. The lowest BCUT2D eigenvalue weighted by Crippen LogP contribution is -2.48. The van der Waals surface area contributed by atoms with E-state index in [1.165, 1.54) is 13.2 Å². The largest absolute Gasteiger partial charge is 0.496 e. The molecule has 1 aromatic rings. The summed E-state index contributed by atoms with van der Waals surface area (Å²) in [5, 5.41) is -0.900. The molecular weight excluding hydrogens is 362 g/mol. The minimum atomic E-state index is -3.73. The molecule has 6 nitrogen and oxygen atoms in total. The van der Waals surface area contributed by atoms with Gasteiger partial charge in [0, 0.05) is 6.04 Å². The second-order valence-electron chi connectivity index (χ2n) is 6.96. The van der Waals surface area contributed by atoms with Crippen molar-refractivity contribution < 1.29 is 21.6 Å². The van der Waals surface area contributed by atoms with Gasteiger partial charge in [0.1, 0.15) is 5.75 Å². The van der Waals surface area contributed by atoms with E-state index in [1.54, 1.807) is 19.1 Å². The second-order valence-corrected chi connectivity index (χ2v) is 11.3. The van der Waals surface area contributed by atoms with E-state index in [1.807, 2.05) is 0 Å². The number of nitrogens with zero attached hydrogens (tertiary/aromatic N) is 1. The van der Waals surface area contributed by atoms with Crippen LogP contribution in [0.25, 0.3) is 0 Å². The molecule has 0 N–H and O–H groups in total. The van der Waals surface area contributed by atoms with Crippen LogP contribution in [0.2, 0.25) is 0 Å². The summed E-state index contributed by atoms with van der Waals surface area (Å²) in [4.78, 5) is 2.24. The number of hydrogen-bond acceptors (Lipinski definition) is 6.